The lowest BCUT2D eigenvalue weighted by molar-refractivity contribution is 1.08. The third-order valence-electron chi connectivity index (χ3n) is 11.9. The zero-order valence-electron chi connectivity index (χ0n) is 30.5. The summed E-state index contributed by atoms with van der Waals surface area (Å²) in [4.78, 5) is 11.5. The van der Waals surface area contributed by atoms with Crippen molar-refractivity contribution in [3.8, 4) is 22.8 Å². The molecule has 0 saturated carbocycles. The summed E-state index contributed by atoms with van der Waals surface area (Å²) < 4.78 is 7.46. The van der Waals surface area contributed by atoms with Gasteiger partial charge in [0.05, 0.1) is 33.1 Å². The molecule has 0 amide bonds. The molecule has 0 saturated heterocycles. The molecule has 4 heterocycles. The standard InChI is InChI=1S/C52H30N4S/c1-2-14-31(15-3-1)47-52(54-49-40-22-7-5-17-34(40)33-16-4-6-21-39(33)48(49)53-47)56-44-24-12-9-19-36(44)42-29-28-41-35-18-8-11-23-43(35)55(50(41)51(42)56)32-26-27-38-37-20-10-13-25-45(37)57-46(38)30-32/h1-30H. The van der Waals surface area contributed by atoms with Gasteiger partial charge in [0.25, 0.3) is 0 Å². The second-order valence-corrected chi connectivity index (χ2v) is 16.0. The molecule has 5 heteroatoms. The van der Waals surface area contributed by atoms with Gasteiger partial charge in [0.2, 0.25) is 0 Å². The summed E-state index contributed by atoms with van der Waals surface area (Å²) in [7, 11) is 0. The SMILES string of the molecule is c1ccc(-c2nc3c4ccccc4c4ccccc4c3nc2-n2c3ccccc3c3ccc4c5ccccc5n(-c5ccc6c(c5)sc5ccccc56)c4c32)cc1. The summed E-state index contributed by atoms with van der Waals surface area (Å²) in [5.74, 6) is 0.810. The van der Waals surface area contributed by atoms with Gasteiger partial charge in [0, 0.05) is 63.7 Å². The van der Waals surface area contributed by atoms with Crippen molar-refractivity contribution in [2.24, 2.45) is 0 Å². The normalized spacial score (nSPS) is 12.2. The van der Waals surface area contributed by atoms with E-state index in [0.717, 1.165) is 61.1 Å². The number of rotatable bonds is 3. The Balaban J connectivity index is 1.24. The van der Waals surface area contributed by atoms with E-state index >= 15 is 0 Å². The van der Waals surface area contributed by atoms with Crippen LogP contribution in [0.3, 0.4) is 0 Å². The van der Waals surface area contributed by atoms with Gasteiger partial charge in [0.1, 0.15) is 5.69 Å². The molecule has 0 radical (unpaired) electrons. The quantitative estimate of drug-likeness (QED) is 0.169. The van der Waals surface area contributed by atoms with E-state index in [4.69, 9.17) is 9.97 Å². The minimum Gasteiger partial charge on any atom is -0.307 e. The van der Waals surface area contributed by atoms with Crippen molar-refractivity contribution in [1.82, 2.24) is 19.1 Å². The minimum atomic E-state index is 0.810. The van der Waals surface area contributed by atoms with E-state index in [1.165, 1.54) is 58.0 Å². The average molecular weight is 743 g/mol. The molecule has 0 spiro atoms. The first-order chi connectivity index (χ1) is 28.3. The van der Waals surface area contributed by atoms with Crippen molar-refractivity contribution < 1.29 is 0 Å². The van der Waals surface area contributed by atoms with Crippen LogP contribution in [0.5, 0.6) is 0 Å². The molecule has 13 rings (SSSR count). The minimum absolute atomic E-state index is 0.810. The predicted molar refractivity (Wildman–Crippen MR) is 242 cm³/mol. The monoisotopic (exact) mass is 742 g/mol. The van der Waals surface area contributed by atoms with Crippen molar-refractivity contribution >= 4 is 108 Å². The summed E-state index contributed by atoms with van der Waals surface area (Å²) >= 11 is 1.86. The molecule has 9 aromatic carbocycles. The van der Waals surface area contributed by atoms with Gasteiger partial charge in [-0.25, -0.2) is 9.97 Å². The first-order valence-corrected chi connectivity index (χ1v) is 20.2. The molecule has 0 N–H and O–H groups in total. The molecule has 0 aliphatic carbocycles. The van der Waals surface area contributed by atoms with E-state index in [2.05, 4.69) is 191 Å². The van der Waals surface area contributed by atoms with Gasteiger partial charge in [-0.05, 0) is 41.1 Å². The van der Waals surface area contributed by atoms with Gasteiger partial charge in [0.15, 0.2) is 5.82 Å². The van der Waals surface area contributed by atoms with Crippen LogP contribution in [0, 0.1) is 0 Å². The summed E-state index contributed by atoms with van der Waals surface area (Å²) in [6, 6.07) is 65.7. The number of hydrogen-bond donors (Lipinski definition) is 0. The van der Waals surface area contributed by atoms with Gasteiger partial charge in [-0.1, -0.05) is 152 Å². The number of hydrogen-bond acceptors (Lipinski definition) is 3. The first-order valence-electron chi connectivity index (χ1n) is 19.3. The first kappa shape index (κ1) is 30.9. The highest BCUT2D eigenvalue weighted by Crippen LogP contribution is 2.45. The van der Waals surface area contributed by atoms with E-state index in [-0.39, 0.29) is 0 Å². The van der Waals surface area contributed by atoms with Crippen LogP contribution in [0.15, 0.2) is 182 Å². The topological polar surface area (TPSA) is 35.6 Å². The highest BCUT2D eigenvalue weighted by Gasteiger charge is 2.25. The molecule has 264 valence electrons. The van der Waals surface area contributed by atoms with Crippen molar-refractivity contribution in [2.45, 2.75) is 0 Å². The summed E-state index contributed by atoms with van der Waals surface area (Å²) in [5.41, 5.74) is 9.32. The van der Waals surface area contributed by atoms with Crippen LogP contribution in [-0.2, 0) is 0 Å². The fourth-order valence-corrected chi connectivity index (χ4v) is 10.6. The second kappa shape index (κ2) is 11.6. The number of para-hydroxylation sites is 2. The molecule has 4 aromatic heterocycles. The highest BCUT2D eigenvalue weighted by atomic mass is 32.1. The van der Waals surface area contributed by atoms with Gasteiger partial charge in [-0.15, -0.1) is 11.3 Å². The van der Waals surface area contributed by atoms with Gasteiger partial charge >= 0.3 is 0 Å². The Morgan fingerprint density at radius 3 is 1.53 bits per heavy atom. The van der Waals surface area contributed by atoms with E-state index in [0.29, 0.717) is 0 Å². The molecule has 0 aliphatic rings. The number of nitrogens with zero attached hydrogens (tertiary/aromatic N) is 4. The van der Waals surface area contributed by atoms with Crippen molar-refractivity contribution in [3.63, 3.8) is 0 Å². The zero-order valence-corrected chi connectivity index (χ0v) is 31.3. The van der Waals surface area contributed by atoms with Crippen LogP contribution in [0.2, 0.25) is 0 Å². The van der Waals surface area contributed by atoms with Crippen LogP contribution >= 0.6 is 11.3 Å². The summed E-state index contributed by atoms with van der Waals surface area (Å²) in [5, 5.41) is 11.9. The molecule has 0 atom stereocenters. The zero-order chi connectivity index (χ0) is 37.2. The molecule has 13 aromatic rings. The summed E-state index contributed by atoms with van der Waals surface area (Å²) in [6.45, 7) is 0. The van der Waals surface area contributed by atoms with Crippen LogP contribution in [0.25, 0.3) is 119 Å². The van der Waals surface area contributed by atoms with Gasteiger partial charge in [-0.2, -0.15) is 0 Å². The van der Waals surface area contributed by atoms with E-state index in [9.17, 15) is 0 Å². The summed E-state index contributed by atoms with van der Waals surface area (Å²) in [6.07, 6.45) is 0. The number of aromatic nitrogens is 4. The van der Waals surface area contributed by atoms with E-state index in [1.807, 2.05) is 11.3 Å². The van der Waals surface area contributed by atoms with Crippen molar-refractivity contribution in [3.05, 3.63) is 182 Å². The average Bonchev–Trinajstić information content (AvgIpc) is 3.94. The second-order valence-electron chi connectivity index (χ2n) is 14.9. The third kappa shape index (κ3) is 4.26. The van der Waals surface area contributed by atoms with Crippen molar-refractivity contribution in [1.29, 1.82) is 0 Å². The predicted octanol–water partition coefficient (Wildman–Crippen LogP) is 14.2. The van der Waals surface area contributed by atoms with Gasteiger partial charge in [-0.3, -0.25) is 4.57 Å². The molecular weight excluding hydrogens is 713 g/mol. The Hall–Kier alpha value is -7.34. The maximum atomic E-state index is 5.79. The number of fused-ring (bicyclic) bond motifs is 16. The molecule has 0 aliphatic heterocycles. The van der Waals surface area contributed by atoms with Crippen LogP contribution in [-0.4, -0.2) is 19.1 Å². The Bertz CT molecular complexity index is 3810. The molecule has 0 fully saturated rings. The lowest BCUT2D eigenvalue weighted by Crippen LogP contribution is -2.05. The third-order valence-corrected chi connectivity index (χ3v) is 13.0. The molecule has 0 bridgehead atoms. The lowest BCUT2D eigenvalue weighted by atomic mass is 9.99. The maximum absolute atomic E-state index is 5.79. The Kier molecular flexibility index (Phi) is 6.29. The fourth-order valence-electron chi connectivity index (χ4n) is 9.44. The Morgan fingerprint density at radius 1 is 0.351 bits per heavy atom. The van der Waals surface area contributed by atoms with E-state index < -0.39 is 0 Å². The number of benzene rings is 9. The Labute approximate surface area is 330 Å². The smallest absolute Gasteiger partial charge is 0.165 e. The van der Waals surface area contributed by atoms with Crippen LogP contribution < -0.4 is 0 Å². The molecule has 0 unspecified atom stereocenters. The Morgan fingerprint density at radius 2 is 0.842 bits per heavy atom. The molecule has 57 heavy (non-hydrogen) atoms. The molecule has 4 nitrogen and oxygen atoms in total. The van der Waals surface area contributed by atoms with Crippen LogP contribution in [0.1, 0.15) is 0 Å². The lowest BCUT2D eigenvalue weighted by Gasteiger charge is -2.17. The molecular formula is C52H30N4S. The maximum Gasteiger partial charge on any atom is 0.165 e. The highest BCUT2D eigenvalue weighted by molar-refractivity contribution is 7.25. The van der Waals surface area contributed by atoms with Crippen LogP contribution in [0.4, 0.5) is 0 Å². The fraction of sp³-hybridized carbons (Fsp3) is 0. The largest absolute Gasteiger partial charge is 0.307 e. The number of thiophene rings is 1. The van der Waals surface area contributed by atoms with Gasteiger partial charge < -0.3 is 4.57 Å². The van der Waals surface area contributed by atoms with E-state index in [1.54, 1.807) is 0 Å². The van der Waals surface area contributed by atoms with Crippen molar-refractivity contribution in [2.75, 3.05) is 0 Å².